The Morgan fingerprint density at radius 2 is 1.84 bits per heavy atom. The highest BCUT2D eigenvalue weighted by molar-refractivity contribution is 5.83. The molecule has 2 amide bonds. The fourth-order valence-electron chi connectivity index (χ4n) is 3.39. The number of carbonyl (C=O) groups is 2. The van der Waals surface area contributed by atoms with Gasteiger partial charge in [0.25, 0.3) is 0 Å². The number of anilines is 1. The maximum absolute atomic E-state index is 12.4. The number of nitrogens with one attached hydrogen (secondary N) is 2. The zero-order valence-electron chi connectivity index (χ0n) is 18.8. The molecular formula is C23H32N4O4. The lowest BCUT2D eigenvalue weighted by molar-refractivity contribution is 0.0372. The van der Waals surface area contributed by atoms with Crippen molar-refractivity contribution in [3.8, 4) is 0 Å². The van der Waals surface area contributed by atoms with Crippen LogP contribution in [-0.2, 0) is 21.6 Å². The summed E-state index contributed by atoms with van der Waals surface area (Å²) in [6, 6.07) is 11.5. The van der Waals surface area contributed by atoms with Crippen molar-refractivity contribution < 1.29 is 19.1 Å². The molecule has 2 N–H and O–H groups in total. The van der Waals surface area contributed by atoms with E-state index in [0.29, 0.717) is 18.7 Å². The van der Waals surface area contributed by atoms with Crippen molar-refractivity contribution in [3.05, 3.63) is 47.7 Å². The molecule has 31 heavy (non-hydrogen) atoms. The molecule has 1 aliphatic carbocycles. The van der Waals surface area contributed by atoms with Gasteiger partial charge in [0, 0.05) is 18.0 Å². The molecule has 3 rings (SSSR count). The number of alkyl carbamates (subject to hydrolysis) is 1. The highest BCUT2D eigenvalue weighted by Gasteiger charge is 2.36. The summed E-state index contributed by atoms with van der Waals surface area (Å²) < 4.78 is 12.6. The van der Waals surface area contributed by atoms with E-state index in [-0.39, 0.29) is 36.3 Å². The lowest BCUT2D eigenvalue weighted by atomic mass is 9.80. The zero-order valence-corrected chi connectivity index (χ0v) is 18.8. The summed E-state index contributed by atoms with van der Waals surface area (Å²) in [6.07, 6.45) is 0.397. The van der Waals surface area contributed by atoms with Crippen LogP contribution in [-0.4, -0.2) is 34.1 Å². The predicted molar refractivity (Wildman–Crippen MR) is 118 cm³/mol. The molecule has 8 nitrogen and oxygen atoms in total. The second-order valence-electron chi connectivity index (χ2n) is 9.22. The second-order valence-corrected chi connectivity index (χ2v) is 9.22. The van der Waals surface area contributed by atoms with Crippen molar-refractivity contribution in [2.45, 2.75) is 77.7 Å². The molecule has 1 aromatic carbocycles. The second kappa shape index (κ2) is 9.41. The summed E-state index contributed by atoms with van der Waals surface area (Å²) in [7, 11) is 0. The minimum Gasteiger partial charge on any atom is -0.446 e. The molecule has 1 aliphatic rings. The third-order valence-electron chi connectivity index (χ3n) is 5.00. The largest absolute Gasteiger partial charge is 0.446 e. The van der Waals surface area contributed by atoms with Crippen molar-refractivity contribution >= 4 is 18.0 Å². The molecule has 0 unspecified atom stereocenters. The molecule has 1 fully saturated rings. The first kappa shape index (κ1) is 22.7. The zero-order chi connectivity index (χ0) is 22.6. The van der Waals surface area contributed by atoms with Gasteiger partial charge < -0.3 is 14.8 Å². The van der Waals surface area contributed by atoms with E-state index in [2.05, 4.69) is 10.6 Å². The number of hydrogen-bond donors (Lipinski definition) is 2. The van der Waals surface area contributed by atoms with Crippen molar-refractivity contribution in [1.29, 1.82) is 0 Å². The van der Waals surface area contributed by atoms with Gasteiger partial charge in [-0.3, -0.25) is 5.32 Å². The number of hydrogen-bond acceptors (Lipinski definition) is 5. The molecule has 1 heterocycles. The van der Waals surface area contributed by atoms with Crippen LogP contribution in [0, 0.1) is 0 Å². The van der Waals surface area contributed by atoms with Gasteiger partial charge in [-0.2, -0.15) is 5.10 Å². The summed E-state index contributed by atoms with van der Waals surface area (Å²) in [5.74, 6) is 0.767. The Balaban J connectivity index is 1.60. The molecule has 168 valence electrons. The summed E-state index contributed by atoms with van der Waals surface area (Å²) in [5, 5.41) is 10.3. The smallest absolute Gasteiger partial charge is 0.413 e. The molecule has 0 radical (unpaired) electrons. The summed E-state index contributed by atoms with van der Waals surface area (Å²) in [6.45, 7) is 10.0. The van der Waals surface area contributed by atoms with Gasteiger partial charge in [0.05, 0.1) is 11.2 Å². The van der Waals surface area contributed by atoms with Crippen molar-refractivity contribution in [3.63, 3.8) is 0 Å². The van der Waals surface area contributed by atoms with Crippen LogP contribution in [0.2, 0.25) is 0 Å². The minimum atomic E-state index is -0.527. The molecule has 8 heteroatoms. The molecule has 2 aromatic rings. The van der Waals surface area contributed by atoms with E-state index in [9.17, 15) is 9.59 Å². The topological polar surface area (TPSA) is 94.5 Å². The molecule has 0 bridgehead atoms. The number of nitrogens with zero attached hydrogens (tertiary/aromatic N) is 2. The van der Waals surface area contributed by atoms with Crippen LogP contribution >= 0.6 is 0 Å². The quantitative estimate of drug-likeness (QED) is 0.691. The Morgan fingerprint density at radius 3 is 2.45 bits per heavy atom. The van der Waals surface area contributed by atoms with Gasteiger partial charge in [-0.1, -0.05) is 30.3 Å². The van der Waals surface area contributed by atoms with Crippen molar-refractivity contribution in [1.82, 2.24) is 15.1 Å². The number of ether oxygens (including phenoxy) is 2. The van der Waals surface area contributed by atoms with Gasteiger partial charge in [0.1, 0.15) is 18.5 Å². The minimum absolute atomic E-state index is 0.0427. The van der Waals surface area contributed by atoms with E-state index in [1.165, 1.54) is 0 Å². The van der Waals surface area contributed by atoms with Crippen LogP contribution in [0.25, 0.3) is 0 Å². The highest BCUT2D eigenvalue weighted by Crippen LogP contribution is 2.39. The van der Waals surface area contributed by atoms with E-state index < -0.39 is 6.09 Å². The fraction of sp³-hybridized carbons (Fsp3) is 0.522. The fourth-order valence-corrected chi connectivity index (χ4v) is 3.39. The highest BCUT2D eigenvalue weighted by atomic mass is 16.6. The van der Waals surface area contributed by atoms with E-state index >= 15 is 0 Å². The van der Waals surface area contributed by atoms with E-state index in [0.717, 1.165) is 11.3 Å². The predicted octanol–water partition coefficient (Wildman–Crippen LogP) is 4.77. The number of aromatic nitrogens is 2. The Labute approximate surface area is 183 Å². The molecule has 0 saturated heterocycles. The van der Waals surface area contributed by atoms with Crippen LogP contribution in [0.15, 0.2) is 36.4 Å². The average molecular weight is 429 g/mol. The Kier molecular flexibility index (Phi) is 6.87. The standard InChI is InChI=1S/C23H32N4O4/c1-15(2)24-22(29)31-18-11-17(12-18)19-13-20(27(26-19)23(3,4)5)25-21(28)30-14-16-9-7-6-8-10-16/h6-10,13,15,17-18H,11-12,14H2,1-5H3,(H,24,29)(H,25,28). The lowest BCUT2D eigenvalue weighted by Crippen LogP contribution is -2.38. The first-order valence-corrected chi connectivity index (χ1v) is 10.7. The molecule has 1 saturated carbocycles. The van der Waals surface area contributed by atoms with E-state index in [1.807, 2.05) is 71.0 Å². The normalized spacial score (nSPS) is 18.3. The van der Waals surface area contributed by atoms with Crippen LogP contribution in [0.3, 0.4) is 0 Å². The van der Waals surface area contributed by atoms with Crippen molar-refractivity contribution in [2.24, 2.45) is 0 Å². The van der Waals surface area contributed by atoms with Gasteiger partial charge in [0.2, 0.25) is 0 Å². The Bertz CT molecular complexity index is 896. The van der Waals surface area contributed by atoms with Crippen LogP contribution < -0.4 is 10.6 Å². The summed E-state index contributed by atoms with van der Waals surface area (Å²) >= 11 is 0. The molecule has 0 spiro atoms. The third-order valence-corrected chi connectivity index (χ3v) is 5.00. The number of amides is 2. The van der Waals surface area contributed by atoms with Gasteiger partial charge in [-0.15, -0.1) is 0 Å². The Morgan fingerprint density at radius 1 is 1.16 bits per heavy atom. The average Bonchev–Trinajstić information content (AvgIpc) is 3.06. The van der Waals surface area contributed by atoms with Crippen LogP contribution in [0.1, 0.15) is 64.6 Å². The van der Waals surface area contributed by atoms with Crippen LogP contribution in [0.5, 0.6) is 0 Å². The first-order chi connectivity index (χ1) is 14.6. The van der Waals surface area contributed by atoms with Gasteiger partial charge in [0.15, 0.2) is 0 Å². The molecular weight excluding hydrogens is 396 g/mol. The van der Waals surface area contributed by atoms with E-state index in [4.69, 9.17) is 14.6 Å². The van der Waals surface area contributed by atoms with Crippen LogP contribution in [0.4, 0.5) is 15.4 Å². The van der Waals surface area contributed by atoms with E-state index in [1.54, 1.807) is 4.68 Å². The molecule has 1 aromatic heterocycles. The number of carbonyl (C=O) groups excluding carboxylic acids is 2. The molecule has 0 atom stereocenters. The third kappa shape index (κ3) is 6.23. The summed E-state index contributed by atoms with van der Waals surface area (Å²) in [4.78, 5) is 24.1. The number of rotatable bonds is 6. The number of benzene rings is 1. The maximum atomic E-state index is 12.4. The van der Waals surface area contributed by atoms with Gasteiger partial charge in [-0.05, 0) is 53.0 Å². The first-order valence-electron chi connectivity index (χ1n) is 10.7. The SMILES string of the molecule is CC(C)NC(=O)OC1CC(c2cc(NC(=O)OCc3ccccc3)n(C(C)(C)C)n2)C1. The van der Waals surface area contributed by atoms with Crippen molar-refractivity contribution in [2.75, 3.05) is 5.32 Å². The van der Waals surface area contributed by atoms with Gasteiger partial charge >= 0.3 is 12.2 Å². The Hall–Kier alpha value is -3.03. The van der Waals surface area contributed by atoms with Gasteiger partial charge in [-0.25, -0.2) is 14.3 Å². The monoisotopic (exact) mass is 428 g/mol. The lowest BCUT2D eigenvalue weighted by Gasteiger charge is -2.33. The maximum Gasteiger partial charge on any atom is 0.413 e. The molecule has 0 aliphatic heterocycles. The summed E-state index contributed by atoms with van der Waals surface area (Å²) in [5.41, 5.74) is 1.47.